The fraction of sp³-hybridized carbons (Fsp3) is 0.429. The second kappa shape index (κ2) is 7.58. The van der Waals surface area contributed by atoms with Crippen molar-refractivity contribution in [3.63, 3.8) is 0 Å². The van der Waals surface area contributed by atoms with Gasteiger partial charge < -0.3 is 15.8 Å². The van der Waals surface area contributed by atoms with Gasteiger partial charge in [0.05, 0.1) is 0 Å². The maximum atomic E-state index is 13.8. The van der Waals surface area contributed by atoms with Crippen LogP contribution in [0.2, 0.25) is 0 Å². The lowest BCUT2D eigenvalue weighted by molar-refractivity contribution is -0.126. The number of imide groups is 1. The summed E-state index contributed by atoms with van der Waals surface area (Å²) in [5.74, 6) is -1.34. The van der Waals surface area contributed by atoms with Gasteiger partial charge in [-0.05, 0) is 38.5 Å². The lowest BCUT2D eigenvalue weighted by Gasteiger charge is -2.15. The predicted molar refractivity (Wildman–Crippen MR) is 76.3 cm³/mol. The van der Waals surface area contributed by atoms with Crippen LogP contribution in [0.25, 0.3) is 0 Å². The fourth-order valence-electron chi connectivity index (χ4n) is 1.56. The number of rotatable bonds is 5. The zero-order valence-corrected chi connectivity index (χ0v) is 12.3. The molecule has 4 N–H and O–H groups in total. The Hall–Kier alpha value is -2.15. The summed E-state index contributed by atoms with van der Waals surface area (Å²) in [4.78, 5) is 22.9. The van der Waals surface area contributed by atoms with Crippen LogP contribution in [0.5, 0.6) is 5.75 Å². The molecule has 0 fully saturated rings. The molecule has 116 valence electrons. The number of amides is 3. The second-order valence-corrected chi connectivity index (χ2v) is 4.59. The van der Waals surface area contributed by atoms with Gasteiger partial charge in [-0.1, -0.05) is 6.07 Å². The van der Waals surface area contributed by atoms with Gasteiger partial charge in [0, 0.05) is 12.6 Å². The number of urea groups is 1. The molecule has 0 spiro atoms. The molecule has 0 saturated carbocycles. The molecule has 1 aromatic rings. The number of carbonyl (C=O) groups is 2. The normalized spacial score (nSPS) is 13.2. The first-order valence-corrected chi connectivity index (χ1v) is 6.65. The molecule has 1 unspecified atom stereocenters. The van der Waals surface area contributed by atoms with Crippen molar-refractivity contribution in [2.45, 2.75) is 32.9 Å². The highest BCUT2D eigenvalue weighted by Gasteiger charge is 2.19. The van der Waals surface area contributed by atoms with Crippen LogP contribution >= 0.6 is 0 Å². The Morgan fingerprint density at radius 1 is 1.38 bits per heavy atom. The van der Waals surface area contributed by atoms with E-state index in [0.717, 1.165) is 0 Å². The molecular formula is C14H20FN3O3. The number of nitrogens with two attached hydrogens (primary N) is 1. The Kier molecular flexibility index (Phi) is 6.10. The third-order valence-corrected chi connectivity index (χ3v) is 2.73. The number of hydrogen-bond acceptors (Lipinski definition) is 4. The first-order chi connectivity index (χ1) is 9.85. The zero-order chi connectivity index (χ0) is 16.0. The Morgan fingerprint density at radius 3 is 2.57 bits per heavy atom. The molecule has 21 heavy (non-hydrogen) atoms. The van der Waals surface area contributed by atoms with Crippen LogP contribution in [0.15, 0.2) is 18.2 Å². The zero-order valence-electron chi connectivity index (χ0n) is 12.3. The Balaban J connectivity index is 2.68. The van der Waals surface area contributed by atoms with E-state index in [4.69, 9.17) is 10.5 Å². The molecule has 3 amide bonds. The quantitative estimate of drug-likeness (QED) is 0.767. The number of ether oxygens (including phenoxy) is 1. The molecule has 7 heteroatoms. The molecule has 0 aliphatic heterocycles. The second-order valence-electron chi connectivity index (χ2n) is 4.59. The molecule has 1 rings (SSSR count). The van der Waals surface area contributed by atoms with Gasteiger partial charge in [-0.15, -0.1) is 0 Å². The van der Waals surface area contributed by atoms with Crippen molar-refractivity contribution in [2.75, 3.05) is 6.54 Å². The minimum atomic E-state index is -1.01. The largest absolute Gasteiger partial charge is 0.478 e. The van der Waals surface area contributed by atoms with Gasteiger partial charge in [0.2, 0.25) is 0 Å². The van der Waals surface area contributed by atoms with E-state index in [2.05, 4.69) is 10.6 Å². The van der Waals surface area contributed by atoms with Crippen molar-refractivity contribution >= 4 is 11.9 Å². The van der Waals surface area contributed by atoms with Crippen LogP contribution in [0, 0.1) is 5.82 Å². The summed E-state index contributed by atoms with van der Waals surface area (Å²) in [5, 5.41) is 4.51. The molecule has 0 aromatic heterocycles. The summed E-state index contributed by atoms with van der Waals surface area (Å²) < 4.78 is 19.0. The van der Waals surface area contributed by atoms with Crippen molar-refractivity contribution in [3.05, 3.63) is 29.6 Å². The summed E-state index contributed by atoms with van der Waals surface area (Å²) >= 11 is 0. The summed E-state index contributed by atoms with van der Waals surface area (Å²) in [5.41, 5.74) is 6.27. The van der Waals surface area contributed by atoms with E-state index in [-0.39, 0.29) is 11.8 Å². The number of halogens is 1. The first-order valence-electron chi connectivity index (χ1n) is 6.65. The highest BCUT2D eigenvalue weighted by Crippen LogP contribution is 2.22. The smallest absolute Gasteiger partial charge is 0.321 e. The summed E-state index contributed by atoms with van der Waals surface area (Å²) in [7, 11) is 0. The Bertz CT molecular complexity index is 520. The standard InChI is InChI=1S/C14H20FN3O3/c1-4-17-14(20)18-13(19)9(3)21-12-6-5-10(8(2)16)7-11(12)15/h5-9H,4,16H2,1-3H3,(H2,17,18,19,20)/t8-,9?/m1/s1. The topological polar surface area (TPSA) is 93.5 Å². The van der Waals surface area contributed by atoms with E-state index >= 15 is 0 Å². The van der Waals surface area contributed by atoms with Gasteiger partial charge in [-0.25, -0.2) is 9.18 Å². The lowest BCUT2D eigenvalue weighted by Crippen LogP contribution is -2.45. The summed E-state index contributed by atoms with van der Waals surface area (Å²) in [6.45, 7) is 5.27. The SMILES string of the molecule is CCNC(=O)NC(=O)C(C)Oc1ccc([C@@H](C)N)cc1F. The lowest BCUT2D eigenvalue weighted by atomic mass is 10.1. The fourth-order valence-corrected chi connectivity index (χ4v) is 1.56. The minimum absolute atomic E-state index is 0.0713. The van der Waals surface area contributed by atoms with Gasteiger partial charge in [-0.3, -0.25) is 10.1 Å². The Morgan fingerprint density at radius 2 is 2.05 bits per heavy atom. The molecule has 1 aromatic carbocycles. The molecule has 0 bridgehead atoms. The van der Waals surface area contributed by atoms with Crippen LogP contribution in [-0.4, -0.2) is 24.6 Å². The average molecular weight is 297 g/mol. The maximum absolute atomic E-state index is 13.8. The third kappa shape index (κ3) is 5.03. The van der Waals surface area contributed by atoms with Gasteiger partial charge in [0.1, 0.15) is 0 Å². The average Bonchev–Trinajstić information content (AvgIpc) is 2.40. The van der Waals surface area contributed by atoms with E-state index in [1.807, 2.05) is 0 Å². The number of nitrogens with one attached hydrogen (secondary N) is 2. The molecule has 0 aliphatic carbocycles. The first kappa shape index (κ1) is 16.9. The molecule has 0 radical (unpaired) electrons. The number of benzene rings is 1. The van der Waals surface area contributed by atoms with Crippen molar-refractivity contribution < 1.29 is 18.7 Å². The van der Waals surface area contributed by atoms with Crippen LogP contribution in [-0.2, 0) is 4.79 Å². The summed E-state index contributed by atoms with van der Waals surface area (Å²) in [6, 6.07) is 3.37. The molecule has 0 saturated heterocycles. The molecule has 6 nitrogen and oxygen atoms in total. The van der Waals surface area contributed by atoms with Gasteiger partial charge in [0.25, 0.3) is 5.91 Å². The van der Waals surface area contributed by atoms with E-state index in [9.17, 15) is 14.0 Å². The molecule has 0 heterocycles. The highest BCUT2D eigenvalue weighted by atomic mass is 19.1. The number of hydrogen-bond donors (Lipinski definition) is 3. The molecule has 2 atom stereocenters. The van der Waals surface area contributed by atoms with Crippen molar-refractivity contribution in [1.29, 1.82) is 0 Å². The van der Waals surface area contributed by atoms with E-state index < -0.39 is 23.9 Å². The van der Waals surface area contributed by atoms with E-state index in [1.54, 1.807) is 19.9 Å². The highest BCUT2D eigenvalue weighted by molar-refractivity contribution is 5.96. The van der Waals surface area contributed by atoms with Crippen molar-refractivity contribution in [1.82, 2.24) is 10.6 Å². The van der Waals surface area contributed by atoms with Crippen LogP contribution in [0.3, 0.4) is 0 Å². The van der Waals surface area contributed by atoms with E-state index in [0.29, 0.717) is 12.1 Å². The van der Waals surface area contributed by atoms with Crippen LogP contribution < -0.4 is 21.1 Å². The predicted octanol–water partition coefficient (Wildman–Crippen LogP) is 1.46. The van der Waals surface area contributed by atoms with Gasteiger partial charge in [0.15, 0.2) is 17.7 Å². The number of carbonyl (C=O) groups excluding carboxylic acids is 2. The third-order valence-electron chi connectivity index (χ3n) is 2.73. The Labute approximate surface area is 122 Å². The minimum Gasteiger partial charge on any atom is -0.478 e. The monoisotopic (exact) mass is 297 g/mol. The van der Waals surface area contributed by atoms with Gasteiger partial charge in [-0.2, -0.15) is 0 Å². The molecule has 0 aliphatic rings. The molecular weight excluding hydrogens is 277 g/mol. The van der Waals surface area contributed by atoms with Crippen molar-refractivity contribution in [2.24, 2.45) is 5.73 Å². The van der Waals surface area contributed by atoms with E-state index in [1.165, 1.54) is 19.1 Å². The maximum Gasteiger partial charge on any atom is 0.321 e. The van der Waals surface area contributed by atoms with Crippen LogP contribution in [0.4, 0.5) is 9.18 Å². The van der Waals surface area contributed by atoms with Gasteiger partial charge >= 0.3 is 6.03 Å². The van der Waals surface area contributed by atoms with Crippen LogP contribution in [0.1, 0.15) is 32.4 Å². The summed E-state index contributed by atoms with van der Waals surface area (Å²) in [6.07, 6.45) is -1.01. The van der Waals surface area contributed by atoms with Crippen molar-refractivity contribution in [3.8, 4) is 5.75 Å².